The fraction of sp³-hybridized carbons (Fsp3) is 0.0714. The van der Waals surface area contributed by atoms with E-state index in [-0.39, 0.29) is 11.7 Å². The van der Waals surface area contributed by atoms with Gasteiger partial charge in [-0.3, -0.25) is 9.78 Å². The summed E-state index contributed by atoms with van der Waals surface area (Å²) in [6.45, 7) is 0.298. The highest BCUT2D eigenvalue weighted by molar-refractivity contribution is 6.30. The second-order valence-corrected chi connectivity index (χ2v) is 8.44. The Bertz CT molecular complexity index is 1570. The van der Waals surface area contributed by atoms with Crippen LogP contribution >= 0.6 is 11.6 Å². The third-order valence-electron chi connectivity index (χ3n) is 5.78. The van der Waals surface area contributed by atoms with Crippen LogP contribution in [-0.2, 0) is 11.3 Å². The molecule has 2 heterocycles. The number of para-hydroxylation sites is 1. The number of pyridine rings is 1. The van der Waals surface area contributed by atoms with E-state index in [1.807, 2.05) is 42.5 Å². The summed E-state index contributed by atoms with van der Waals surface area (Å²) in [7, 11) is 1.53. The zero-order valence-electron chi connectivity index (χ0n) is 18.9. The molecule has 0 atom stereocenters. The lowest BCUT2D eigenvalue weighted by Gasteiger charge is -2.10. The van der Waals surface area contributed by atoms with Crippen LogP contribution < -0.4 is 10.1 Å². The van der Waals surface area contributed by atoms with Crippen molar-refractivity contribution in [2.24, 2.45) is 0 Å². The number of aromatic nitrogens is 2. The van der Waals surface area contributed by atoms with Crippen LogP contribution in [0.25, 0.3) is 33.6 Å². The van der Waals surface area contributed by atoms with Crippen molar-refractivity contribution in [1.29, 1.82) is 0 Å². The monoisotopic (exact) mass is 483 g/mol. The van der Waals surface area contributed by atoms with Gasteiger partial charge in [-0.25, -0.2) is 0 Å². The number of nitrogens with one attached hydrogen (secondary N) is 1. The summed E-state index contributed by atoms with van der Waals surface area (Å²) in [6, 6.07) is 22.6. The minimum atomic E-state index is -0.208. The van der Waals surface area contributed by atoms with Gasteiger partial charge < -0.3 is 19.7 Å². The van der Waals surface area contributed by atoms with E-state index in [2.05, 4.69) is 20.9 Å². The highest BCUT2D eigenvalue weighted by Gasteiger charge is 2.15. The number of aromatic hydroxyl groups is 1. The van der Waals surface area contributed by atoms with E-state index in [4.69, 9.17) is 16.3 Å². The number of phenolic OH excluding ortho intramolecular Hbond substituents is 1. The maximum atomic E-state index is 12.3. The molecule has 0 spiro atoms. The topological polar surface area (TPSA) is 76.4 Å². The number of hydrogen-bond acceptors (Lipinski definition) is 4. The third-order valence-corrected chi connectivity index (χ3v) is 6.03. The quantitative estimate of drug-likeness (QED) is 0.296. The van der Waals surface area contributed by atoms with Crippen molar-refractivity contribution >= 4 is 45.4 Å². The summed E-state index contributed by atoms with van der Waals surface area (Å²) in [4.78, 5) is 16.9. The van der Waals surface area contributed by atoms with Crippen LogP contribution in [0.4, 0.5) is 0 Å². The molecular formula is C28H22ClN3O3. The zero-order valence-corrected chi connectivity index (χ0v) is 19.7. The van der Waals surface area contributed by atoms with Gasteiger partial charge in [0, 0.05) is 27.9 Å². The number of carbonyl (C=O) groups excluding carboxylic acids is 1. The van der Waals surface area contributed by atoms with Gasteiger partial charge in [-0.05, 0) is 48.0 Å². The van der Waals surface area contributed by atoms with Gasteiger partial charge in [-0.15, -0.1) is 0 Å². The molecule has 2 N–H and O–H groups in total. The largest absolute Gasteiger partial charge is 0.504 e. The molecule has 174 valence electrons. The number of halogens is 1. The lowest BCUT2D eigenvalue weighted by atomic mass is 10.1. The Morgan fingerprint density at radius 1 is 1.06 bits per heavy atom. The Morgan fingerprint density at radius 2 is 1.86 bits per heavy atom. The predicted molar refractivity (Wildman–Crippen MR) is 139 cm³/mol. The zero-order chi connectivity index (χ0) is 24.4. The molecule has 5 rings (SSSR count). The van der Waals surface area contributed by atoms with E-state index in [0.717, 1.165) is 38.8 Å². The molecule has 0 aliphatic heterocycles. The number of methoxy groups -OCH3 is 1. The summed E-state index contributed by atoms with van der Waals surface area (Å²) in [5, 5.41) is 15.6. The van der Waals surface area contributed by atoms with E-state index in [1.54, 1.807) is 36.5 Å². The van der Waals surface area contributed by atoms with Gasteiger partial charge in [-0.2, -0.15) is 0 Å². The summed E-state index contributed by atoms with van der Waals surface area (Å²) >= 11 is 5.90. The predicted octanol–water partition coefficient (Wildman–Crippen LogP) is 5.88. The molecule has 2 aromatic heterocycles. The van der Waals surface area contributed by atoms with Crippen molar-refractivity contribution in [2.75, 3.05) is 7.11 Å². The molecule has 5 aromatic rings. The molecular weight excluding hydrogens is 462 g/mol. The molecule has 0 aliphatic rings. The number of amides is 1. The van der Waals surface area contributed by atoms with Crippen LogP contribution in [-0.4, -0.2) is 27.7 Å². The van der Waals surface area contributed by atoms with Gasteiger partial charge in [0.1, 0.15) is 0 Å². The van der Waals surface area contributed by atoms with E-state index >= 15 is 0 Å². The van der Waals surface area contributed by atoms with Crippen LogP contribution in [0.2, 0.25) is 5.02 Å². The fourth-order valence-electron chi connectivity index (χ4n) is 4.07. The van der Waals surface area contributed by atoms with Crippen LogP contribution in [0.3, 0.4) is 0 Å². The van der Waals surface area contributed by atoms with Gasteiger partial charge in [0.25, 0.3) is 0 Å². The van der Waals surface area contributed by atoms with Crippen LogP contribution in [0, 0.1) is 0 Å². The highest BCUT2D eigenvalue weighted by Crippen LogP contribution is 2.35. The summed E-state index contributed by atoms with van der Waals surface area (Å²) in [5.74, 6) is 0.270. The number of nitrogens with zero attached hydrogens (tertiary/aromatic N) is 2. The van der Waals surface area contributed by atoms with Crippen molar-refractivity contribution in [3.8, 4) is 17.2 Å². The SMILES string of the molecule is COc1cc(-n2c3ccccc3c3cc(CNC(=O)/C=C/c4ccc(Cl)cc4)ncc32)ccc1O. The molecule has 0 saturated carbocycles. The summed E-state index contributed by atoms with van der Waals surface area (Å²) in [6.07, 6.45) is 5.04. The van der Waals surface area contributed by atoms with Gasteiger partial charge in [0.05, 0.1) is 42.3 Å². The average molecular weight is 484 g/mol. The molecule has 0 unspecified atom stereocenters. The number of hydrogen-bond donors (Lipinski definition) is 2. The van der Waals surface area contributed by atoms with Crippen molar-refractivity contribution in [1.82, 2.24) is 14.9 Å². The Balaban J connectivity index is 1.44. The first-order chi connectivity index (χ1) is 17.0. The number of rotatable bonds is 6. The number of fused-ring (bicyclic) bond motifs is 3. The molecule has 0 fully saturated rings. The van der Waals surface area contributed by atoms with Crippen molar-refractivity contribution in [3.63, 3.8) is 0 Å². The van der Waals surface area contributed by atoms with Crippen LogP contribution in [0.1, 0.15) is 11.3 Å². The lowest BCUT2D eigenvalue weighted by molar-refractivity contribution is -0.116. The third kappa shape index (κ3) is 4.56. The smallest absolute Gasteiger partial charge is 0.244 e. The normalized spacial score (nSPS) is 11.4. The van der Waals surface area contributed by atoms with Crippen molar-refractivity contribution in [3.05, 3.63) is 101 Å². The number of carbonyl (C=O) groups is 1. The van der Waals surface area contributed by atoms with Gasteiger partial charge in [0.15, 0.2) is 11.5 Å². The molecule has 0 radical (unpaired) electrons. The number of benzene rings is 3. The second-order valence-electron chi connectivity index (χ2n) is 8.00. The van der Waals surface area contributed by atoms with Crippen LogP contribution in [0.15, 0.2) is 85.1 Å². The summed E-state index contributed by atoms with van der Waals surface area (Å²) in [5.41, 5.74) is 4.40. The molecule has 6 nitrogen and oxygen atoms in total. The molecule has 0 aliphatic carbocycles. The minimum Gasteiger partial charge on any atom is -0.504 e. The first kappa shape index (κ1) is 22.5. The molecule has 0 saturated heterocycles. The second kappa shape index (κ2) is 9.52. The Hall–Kier alpha value is -4.29. The Morgan fingerprint density at radius 3 is 2.66 bits per heavy atom. The van der Waals surface area contributed by atoms with Crippen molar-refractivity contribution < 1.29 is 14.6 Å². The molecule has 1 amide bonds. The average Bonchev–Trinajstić information content (AvgIpc) is 3.21. The standard InChI is InChI=1S/C28H22ClN3O3/c1-35-27-15-21(11-12-26(27)33)32-24-5-3-2-4-22(24)23-14-20(30-17-25(23)32)16-31-28(34)13-8-18-6-9-19(29)10-7-18/h2-15,17,33H,16H2,1H3,(H,31,34)/b13-8+. The van der Waals surface area contributed by atoms with E-state index < -0.39 is 0 Å². The maximum Gasteiger partial charge on any atom is 0.244 e. The van der Waals surface area contributed by atoms with E-state index in [9.17, 15) is 9.90 Å². The molecule has 3 aromatic carbocycles. The summed E-state index contributed by atoms with van der Waals surface area (Å²) < 4.78 is 7.38. The molecule has 35 heavy (non-hydrogen) atoms. The Kier molecular flexibility index (Phi) is 6.12. The van der Waals surface area contributed by atoms with Gasteiger partial charge in [0.2, 0.25) is 5.91 Å². The van der Waals surface area contributed by atoms with Crippen LogP contribution in [0.5, 0.6) is 11.5 Å². The van der Waals surface area contributed by atoms with E-state index in [1.165, 1.54) is 13.2 Å². The highest BCUT2D eigenvalue weighted by atomic mass is 35.5. The van der Waals surface area contributed by atoms with Gasteiger partial charge in [-0.1, -0.05) is 41.9 Å². The van der Waals surface area contributed by atoms with E-state index in [0.29, 0.717) is 17.3 Å². The minimum absolute atomic E-state index is 0.0817. The van der Waals surface area contributed by atoms with Gasteiger partial charge >= 0.3 is 0 Å². The first-order valence-corrected chi connectivity index (χ1v) is 11.4. The number of phenols is 1. The Labute approximate surface area is 207 Å². The molecule has 7 heteroatoms. The number of ether oxygens (including phenoxy) is 1. The maximum absolute atomic E-state index is 12.3. The van der Waals surface area contributed by atoms with Crippen molar-refractivity contribution in [2.45, 2.75) is 6.54 Å². The first-order valence-electron chi connectivity index (χ1n) is 11.0. The molecule has 0 bridgehead atoms. The fourth-order valence-corrected chi connectivity index (χ4v) is 4.20. The lowest BCUT2D eigenvalue weighted by Crippen LogP contribution is -2.20.